The van der Waals surface area contributed by atoms with Crippen molar-refractivity contribution in [1.29, 1.82) is 0 Å². The number of amides is 2. The quantitative estimate of drug-likeness (QED) is 0.412. The summed E-state index contributed by atoms with van der Waals surface area (Å²) < 4.78 is 10.9. The number of benzene rings is 2. The van der Waals surface area contributed by atoms with Gasteiger partial charge in [-0.2, -0.15) is 0 Å². The Hall–Kier alpha value is -4.81. The molecule has 0 saturated carbocycles. The molecule has 4 aromatic rings. The molecule has 2 aromatic carbocycles. The van der Waals surface area contributed by atoms with E-state index in [-0.39, 0.29) is 18.5 Å². The van der Waals surface area contributed by atoms with Gasteiger partial charge in [-0.05, 0) is 67.4 Å². The standard InChI is InChI=1S/C26H21N5O4/c1-17-11-13-28-26(29-17)31-25(33)18-5-8-20(9-6-18)35-23-12-14-27-22-10-7-19(16-21(22)23)30-24(32)4-3-15-34-2/h5-14,16H,15H2,1-2H3,(H,30,32)(H,28,29,31,33). The second-order valence-electron chi connectivity index (χ2n) is 7.33. The fraction of sp³-hybridized carbons (Fsp3) is 0.115. The maximum Gasteiger partial charge on any atom is 0.300 e. The second kappa shape index (κ2) is 10.9. The maximum absolute atomic E-state index is 12.5. The van der Waals surface area contributed by atoms with Crippen LogP contribution in [0.4, 0.5) is 11.6 Å². The van der Waals surface area contributed by atoms with Gasteiger partial charge in [-0.1, -0.05) is 5.92 Å². The summed E-state index contributed by atoms with van der Waals surface area (Å²) in [7, 11) is 1.51. The van der Waals surface area contributed by atoms with E-state index in [1.54, 1.807) is 67.0 Å². The van der Waals surface area contributed by atoms with Gasteiger partial charge in [-0.3, -0.25) is 19.9 Å². The highest BCUT2D eigenvalue weighted by atomic mass is 16.5. The Bertz CT molecular complexity index is 1440. The predicted octanol–water partition coefficient (Wildman–Crippen LogP) is 3.97. The van der Waals surface area contributed by atoms with Crippen LogP contribution in [-0.4, -0.2) is 40.5 Å². The van der Waals surface area contributed by atoms with Gasteiger partial charge < -0.3 is 14.8 Å². The Morgan fingerprint density at radius 3 is 2.54 bits per heavy atom. The summed E-state index contributed by atoms with van der Waals surface area (Å²) in [4.78, 5) is 37.0. The van der Waals surface area contributed by atoms with Gasteiger partial charge in [0, 0.05) is 41.8 Å². The summed E-state index contributed by atoms with van der Waals surface area (Å²) in [5, 5.41) is 6.09. The number of hydrogen-bond donors (Lipinski definition) is 2. The average Bonchev–Trinajstić information content (AvgIpc) is 2.85. The first-order valence-electron chi connectivity index (χ1n) is 10.6. The highest BCUT2D eigenvalue weighted by molar-refractivity contribution is 6.05. The van der Waals surface area contributed by atoms with E-state index in [0.717, 1.165) is 5.69 Å². The van der Waals surface area contributed by atoms with E-state index >= 15 is 0 Å². The fourth-order valence-corrected chi connectivity index (χ4v) is 3.12. The molecule has 2 heterocycles. The average molecular weight is 467 g/mol. The molecule has 0 saturated heterocycles. The number of carbonyl (C=O) groups is 2. The number of methoxy groups -OCH3 is 1. The molecule has 2 amide bonds. The number of carbonyl (C=O) groups excluding carboxylic acids is 2. The molecule has 0 aliphatic heterocycles. The minimum atomic E-state index is -0.447. The summed E-state index contributed by atoms with van der Waals surface area (Å²) in [6, 6.07) is 15.4. The SMILES string of the molecule is COCC#CC(=O)Nc1ccc2nccc(Oc3ccc(C(=O)Nc4nccc(C)n4)cc3)c2c1. The van der Waals surface area contributed by atoms with Crippen LogP contribution in [-0.2, 0) is 9.53 Å². The van der Waals surface area contributed by atoms with Gasteiger partial charge in [0.2, 0.25) is 5.95 Å². The first-order chi connectivity index (χ1) is 17.0. The maximum atomic E-state index is 12.5. The van der Waals surface area contributed by atoms with E-state index in [4.69, 9.17) is 9.47 Å². The van der Waals surface area contributed by atoms with Crippen molar-refractivity contribution in [2.75, 3.05) is 24.4 Å². The van der Waals surface area contributed by atoms with Crippen molar-refractivity contribution in [2.24, 2.45) is 0 Å². The van der Waals surface area contributed by atoms with Crippen molar-refractivity contribution in [2.45, 2.75) is 6.92 Å². The summed E-state index contributed by atoms with van der Waals surface area (Å²) in [5.74, 6) is 5.60. The molecule has 0 atom stereocenters. The van der Waals surface area contributed by atoms with Crippen LogP contribution < -0.4 is 15.4 Å². The van der Waals surface area contributed by atoms with Gasteiger partial charge in [-0.15, -0.1) is 0 Å². The minimum Gasteiger partial charge on any atom is -0.457 e. The molecule has 35 heavy (non-hydrogen) atoms. The van der Waals surface area contributed by atoms with Crippen LogP contribution in [0.3, 0.4) is 0 Å². The zero-order valence-electron chi connectivity index (χ0n) is 19.0. The van der Waals surface area contributed by atoms with Gasteiger partial charge in [0.15, 0.2) is 0 Å². The molecule has 0 aliphatic rings. The number of fused-ring (bicyclic) bond motifs is 1. The number of nitrogens with zero attached hydrogens (tertiary/aromatic N) is 3. The lowest BCUT2D eigenvalue weighted by atomic mass is 10.1. The first-order valence-corrected chi connectivity index (χ1v) is 10.6. The number of aromatic nitrogens is 3. The molecular weight excluding hydrogens is 446 g/mol. The molecule has 0 aliphatic carbocycles. The zero-order valence-corrected chi connectivity index (χ0v) is 19.0. The van der Waals surface area contributed by atoms with E-state index in [9.17, 15) is 9.59 Å². The second-order valence-corrected chi connectivity index (χ2v) is 7.33. The molecule has 0 spiro atoms. The van der Waals surface area contributed by atoms with E-state index in [0.29, 0.717) is 33.7 Å². The molecule has 2 N–H and O–H groups in total. The molecule has 0 bridgehead atoms. The predicted molar refractivity (Wildman–Crippen MR) is 131 cm³/mol. The van der Waals surface area contributed by atoms with Crippen molar-refractivity contribution in [3.63, 3.8) is 0 Å². The third-order valence-corrected chi connectivity index (χ3v) is 4.74. The Kier molecular flexibility index (Phi) is 7.25. The van der Waals surface area contributed by atoms with Gasteiger partial charge in [0.05, 0.1) is 5.52 Å². The molecule has 9 nitrogen and oxygen atoms in total. The van der Waals surface area contributed by atoms with Crippen molar-refractivity contribution in [1.82, 2.24) is 15.0 Å². The number of nitrogens with one attached hydrogen (secondary N) is 2. The molecule has 0 fully saturated rings. The monoisotopic (exact) mass is 467 g/mol. The van der Waals surface area contributed by atoms with Crippen LogP contribution in [0, 0.1) is 18.8 Å². The lowest BCUT2D eigenvalue weighted by Gasteiger charge is -2.11. The van der Waals surface area contributed by atoms with Gasteiger partial charge in [0.25, 0.3) is 11.8 Å². The van der Waals surface area contributed by atoms with Gasteiger partial charge >= 0.3 is 0 Å². The lowest BCUT2D eigenvalue weighted by molar-refractivity contribution is -0.111. The number of anilines is 2. The third-order valence-electron chi connectivity index (χ3n) is 4.74. The lowest BCUT2D eigenvalue weighted by Crippen LogP contribution is -2.14. The summed E-state index contributed by atoms with van der Waals surface area (Å²) in [5.41, 5.74) is 2.43. The van der Waals surface area contributed by atoms with Crippen LogP contribution in [0.25, 0.3) is 10.9 Å². The highest BCUT2D eigenvalue weighted by Crippen LogP contribution is 2.30. The normalized spacial score (nSPS) is 10.2. The zero-order chi connectivity index (χ0) is 24.6. The molecular formula is C26H21N5O4. The van der Waals surface area contributed by atoms with Crippen LogP contribution in [0.2, 0.25) is 0 Å². The van der Waals surface area contributed by atoms with Gasteiger partial charge in [0.1, 0.15) is 18.1 Å². The number of aryl methyl sites for hydroxylation is 1. The van der Waals surface area contributed by atoms with Crippen LogP contribution in [0.15, 0.2) is 67.0 Å². The van der Waals surface area contributed by atoms with Gasteiger partial charge in [-0.25, -0.2) is 9.97 Å². The molecule has 0 unspecified atom stereocenters. The van der Waals surface area contributed by atoms with E-state index < -0.39 is 5.91 Å². The fourth-order valence-electron chi connectivity index (χ4n) is 3.12. The highest BCUT2D eigenvalue weighted by Gasteiger charge is 2.10. The van der Waals surface area contributed by atoms with E-state index in [2.05, 4.69) is 37.4 Å². The first kappa shape index (κ1) is 23.4. The van der Waals surface area contributed by atoms with Crippen LogP contribution >= 0.6 is 0 Å². The number of ether oxygens (including phenoxy) is 2. The number of hydrogen-bond acceptors (Lipinski definition) is 7. The Balaban J connectivity index is 1.49. The summed E-state index contributed by atoms with van der Waals surface area (Å²) in [6.07, 6.45) is 3.22. The molecule has 9 heteroatoms. The Morgan fingerprint density at radius 1 is 0.971 bits per heavy atom. The van der Waals surface area contributed by atoms with Crippen molar-refractivity contribution < 1.29 is 19.1 Å². The molecule has 2 aromatic heterocycles. The van der Waals surface area contributed by atoms with E-state index in [1.807, 2.05) is 6.92 Å². The topological polar surface area (TPSA) is 115 Å². The summed E-state index contributed by atoms with van der Waals surface area (Å²) in [6.45, 7) is 1.99. The van der Waals surface area contributed by atoms with Crippen molar-refractivity contribution >= 4 is 34.4 Å². The smallest absolute Gasteiger partial charge is 0.300 e. The molecule has 174 valence electrons. The third kappa shape index (κ3) is 6.16. The number of rotatable bonds is 6. The van der Waals surface area contributed by atoms with Crippen LogP contribution in [0.1, 0.15) is 16.1 Å². The largest absolute Gasteiger partial charge is 0.457 e. The molecule has 4 rings (SSSR count). The molecule has 0 radical (unpaired) electrons. The summed E-state index contributed by atoms with van der Waals surface area (Å²) >= 11 is 0. The van der Waals surface area contributed by atoms with Crippen molar-refractivity contribution in [3.05, 3.63) is 78.2 Å². The Morgan fingerprint density at radius 2 is 1.77 bits per heavy atom. The Labute approximate surface area is 201 Å². The minimum absolute atomic E-state index is 0.174. The van der Waals surface area contributed by atoms with Crippen LogP contribution in [0.5, 0.6) is 11.5 Å². The van der Waals surface area contributed by atoms with Crippen molar-refractivity contribution in [3.8, 4) is 23.3 Å². The van der Waals surface area contributed by atoms with E-state index in [1.165, 1.54) is 7.11 Å². The number of pyridine rings is 1.